The largest absolute Gasteiger partial charge is 0.352 e. The van der Waals surface area contributed by atoms with Gasteiger partial charge in [-0.05, 0) is 73.5 Å². The summed E-state index contributed by atoms with van der Waals surface area (Å²) in [5.74, 6) is -0.242. The molecular weight excluding hydrogens is 530 g/mol. The minimum absolute atomic E-state index is 0.144. The van der Waals surface area contributed by atoms with Crippen molar-refractivity contribution in [3.63, 3.8) is 0 Å². The van der Waals surface area contributed by atoms with Crippen LogP contribution in [-0.2, 0) is 7.05 Å². The molecule has 212 valence electrons. The zero-order valence-electron chi connectivity index (χ0n) is 23.6. The second kappa shape index (κ2) is 12.3. The minimum atomic E-state index is -0.301. The number of nitrogens with one attached hydrogen (secondary N) is 3. The van der Waals surface area contributed by atoms with E-state index >= 15 is 0 Å². The number of anilines is 3. The summed E-state index contributed by atoms with van der Waals surface area (Å²) < 4.78 is 3.32. The van der Waals surface area contributed by atoms with Crippen molar-refractivity contribution in [2.45, 2.75) is 20.3 Å². The molecule has 0 aliphatic rings. The van der Waals surface area contributed by atoms with E-state index in [0.717, 1.165) is 23.2 Å². The number of aromatic nitrogens is 4. The number of imidazole rings is 1. The fourth-order valence-corrected chi connectivity index (χ4v) is 4.44. The fraction of sp³-hybridized carbons (Fsp3) is 0.156. The van der Waals surface area contributed by atoms with Crippen LogP contribution in [0.4, 0.5) is 17.2 Å². The quantitative estimate of drug-likeness (QED) is 0.231. The van der Waals surface area contributed by atoms with Crippen molar-refractivity contribution < 1.29 is 9.59 Å². The molecule has 0 aliphatic heterocycles. The molecule has 0 fully saturated rings. The van der Waals surface area contributed by atoms with Crippen LogP contribution in [0.3, 0.4) is 0 Å². The van der Waals surface area contributed by atoms with Gasteiger partial charge < -0.3 is 25.1 Å². The molecule has 3 N–H and O–H groups in total. The highest BCUT2D eigenvalue weighted by atomic mass is 16.2. The molecule has 0 bridgehead atoms. The van der Waals surface area contributed by atoms with Gasteiger partial charge >= 0.3 is 0 Å². The minimum Gasteiger partial charge on any atom is -0.352 e. The molecule has 0 saturated carbocycles. The lowest BCUT2D eigenvalue weighted by molar-refractivity contribution is 0.0952. The molecule has 0 saturated heterocycles. The number of nitrogens with zero attached hydrogens (tertiary/aromatic N) is 4. The summed E-state index contributed by atoms with van der Waals surface area (Å²) in [6.07, 6.45) is 7.75. The summed E-state index contributed by atoms with van der Waals surface area (Å²) in [7, 11) is 1.66. The second-order valence-electron chi connectivity index (χ2n) is 9.80. The molecule has 2 amide bonds. The molecular formula is C32H31N7O3. The van der Waals surface area contributed by atoms with E-state index in [1.807, 2.05) is 54.9 Å². The molecule has 42 heavy (non-hydrogen) atoms. The number of amides is 2. The zero-order valence-corrected chi connectivity index (χ0v) is 23.6. The van der Waals surface area contributed by atoms with Gasteiger partial charge in [-0.25, -0.2) is 9.97 Å². The van der Waals surface area contributed by atoms with E-state index in [0.29, 0.717) is 34.7 Å². The number of aryl methyl sites for hydroxylation is 1. The molecule has 0 radical (unpaired) electrons. The average Bonchev–Trinajstić information content (AvgIpc) is 3.55. The molecule has 2 heterocycles. The summed E-state index contributed by atoms with van der Waals surface area (Å²) in [5, 5.41) is 8.92. The summed E-state index contributed by atoms with van der Waals surface area (Å²) in [6, 6.07) is 19.7. The third-order valence-corrected chi connectivity index (χ3v) is 6.81. The number of rotatable bonds is 9. The number of hydrogen-bond acceptors (Lipinski definition) is 6. The standard InChI is InChI=1S/C32H31N7O3/c1-4-16-34-30(40)22-8-12-24(13-9-22)35-29-32(42)38(3)19-28(36-29)26-6-5-7-27(21(26)2)37-31(41)23-10-14-25(15-11-23)39-18-17-33-20-39/h5-15,17-20H,4,16H2,1-3H3,(H,34,40)(H,35,36)(H,37,41). The Labute approximate surface area is 243 Å². The summed E-state index contributed by atoms with van der Waals surface area (Å²) in [6.45, 7) is 4.50. The Morgan fingerprint density at radius 2 is 1.64 bits per heavy atom. The molecule has 0 spiro atoms. The number of hydrogen-bond donors (Lipinski definition) is 3. The van der Waals surface area contributed by atoms with Crippen molar-refractivity contribution >= 4 is 29.0 Å². The monoisotopic (exact) mass is 561 g/mol. The highest BCUT2D eigenvalue weighted by Crippen LogP contribution is 2.28. The molecule has 5 aromatic rings. The van der Waals surface area contributed by atoms with Crippen LogP contribution in [-0.4, -0.2) is 37.5 Å². The van der Waals surface area contributed by atoms with Crippen LogP contribution in [0.2, 0.25) is 0 Å². The van der Waals surface area contributed by atoms with Gasteiger partial charge in [0.15, 0.2) is 5.82 Å². The molecule has 5 rings (SSSR count). The van der Waals surface area contributed by atoms with Gasteiger partial charge in [0.2, 0.25) is 0 Å². The molecule has 3 aromatic carbocycles. The Morgan fingerprint density at radius 3 is 2.33 bits per heavy atom. The molecule has 10 heteroatoms. The highest BCUT2D eigenvalue weighted by Gasteiger charge is 2.15. The predicted octanol–water partition coefficient (Wildman–Crippen LogP) is 5.08. The lowest BCUT2D eigenvalue weighted by Gasteiger charge is -2.15. The Bertz CT molecular complexity index is 1780. The van der Waals surface area contributed by atoms with Gasteiger partial charge in [-0.3, -0.25) is 14.4 Å². The van der Waals surface area contributed by atoms with Crippen LogP contribution >= 0.6 is 0 Å². The topological polar surface area (TPSA) is 123 Å². The van der Waals surface area contributed by atoms with E-state index in [1.54, 1.807) is 62.2 Å². The van der Waals surface area contributed by atoms with Crippen LogP contribution in [0.25, 0.3) is 16.9 Å². The van der Waals surface area contributed by atoms with Crippen LogP contribution in [0, 0.1) is 6.92 Å². The van der Waals surface area contributed by atoms with Crippen molar-refractivity contribution in [2.24, 2.45) is 7.05 Å². The van der Waals surface area contributed by atoms with Gasteiger partial charge in [0.05, 0.1) is 12.0 Å². The van der Waals surface area contributed by atoms with Gasteiger partial charge in [0.1, 0.15) is 0 Å². The maximum Gasteiger partial charge on any atom is 0.293 e. The maximum absolute atomic E-state index is 13.1. The van der Waals surface area contributed by atoms with Crippen LogP contribution in [0.5, 0.6) is 0 Å². The Hall–Kier alpha value is -5.51. The lowest BCUT2D eigenvalue weighted by Crippen LogP contribution is -2.24. The first-order chi connectivity index (χ1) is 20.3. The first-order valence-corrected chi connectivity index (χ1v) is 13.6. The Balaban J connectivity index is 1.36. The first kappa shape index (κ1) is 28.0. The van der Waals surface area contributed by atoms with E-state index in [-0.39, 0.29) is 23.2 Å². The van der Waals surface area contributed by atoms with Gasteiger partial charge in [-0.2, -0.15) is 0 Å². The van der Waals surface area contributed by atoms with E-state index in [9.17, 15) is 14.4 Å². The molecule has 0 aliphatic carbocycles. The number of benzene rings is 3. The predicted molar refractivity (Wildman–Crippen MR) is 164 cm³/mol. The van der Waals surface area contributed by atoms with Gasteiger partial charge in [-0.1, -0.05) is 19.1 Å². The second-order valence-corrected chi connectivity index (χ2v) is 9.80. The van der Waals surface area contributed by atoms with Crippen molar-refractivity contribution in [3.05, 3.63) is 119 Å². The lowest BCUT2D eigenvalue weighted by atomic mass is 10.0. The van der Waals surface area contributed by atoms with Crippen molar-refractivity contribution in [3.8, 4) is 16.9 Å². The van der Waals surface area contributed by atoms with E-state index in [2.05, 4.69) is 25.9 Å². The van der Waals surface area contributed by atoms with Crippen LogP contribution < -0.4 is 21.5 Å². The zero-order chi connectivity index (χ0) is 29.6. The van der Waals surface area contributed by atoms with Crippen LogP contribution in [0.15, 0.2) is 96.4 Å². The highest BCUT2D eigenvalue weighted by molar-refractivity contribution is 6.05. The van der Waals surface area contributed by atoms with E-state index in [4.69, 9.17) is 0 Å². The van der Waals surface area contributed by atoms with Gasteiger partial charge in [0, 0.05) is 65.9 Å². The third-order valence-electron chi connectivity index (χ3n) is 6.81. The molecule has 0 unspecified atom stereocenters. The van der Waals surface area contributed by atoms with E-state index < -0.39 is 0 Å². The van der Waals surface area contributed by atoms with Gasteiger partial charge in [0.25, 0.3) is 17.4 Å². The summed E-state index contributed by atoms with van der Waals surface area (Å²) in [5.41, 5.74) is 5.06. The number of carbonyl (C=O) groups is 2. The maximum atomic E-state index is 13.1. The summed E-state index contributed by atoms with van der Waals surface area (Å²) in [4.78, 5) is 46.9. The first-order valence-electron chi connectivity index (χ1n) is 13.6. The molecule has 2 aromatic heterocycles. The van der Waals surface area contributed by atoms with E-state index in [1.165, 1.54) is 4.57 Å². The molecule has 0 atom stereocenters. The third kappa shape index (κ3) is 6.12. The van der Waals surface area contributed by atoms with Gasteiger partial charge in [-0.15, -0.1) is 0 Å². The average molecular weight is 562 g/mol. The Kier molecular flexibility index (Phi) is 8.24. The number of carbonyl (C=O) groups excluding carboxylic acids is 2. The summed E-state index contributed by atoms with van der Waals surface area (Å²) >= 11 is 0. The normalized spacial score (nSPS) is 10.7. The Morgan fingerprint density at radius 1 is 0.929 bits per heavy atom. The fourth-order valence-electron chi connectivity index (χ4n) is 4.44. The smallest absolute Gasteiger partial charge is 0.293 e. The van der Waals surface area contributed by atoms with Crippen molar-refractivity contribution in [1.29, 1.82) is 0 Å². The van der Waals surface area contributed by atoms with Crippen molar-refractivity contribution in [2.75, 3.05) is 17.2 Å². The van der Waals surface area contributed by atoms with Crippen LogP contribution in [0.1, 0.15) is 39.6 Å². The molecule has 10 nitrogen and oxygen atoms in total. The SMILES string of the molecule is CCCNC(=O)c1ccc(Nc2nc(-c3cccc(NC(=O)c4ccc(-n5ccnc5)cc4)c3C)cn(C)c2=O)cc1. The van der Waals surface area contributed by atoms with Crippen molar-refractivity contribution in [1.82, 2.24) is 24.4 Å².